The minimum atomic E-state index is -0.387. The normalized spacial score (nSPS) is 17.1. The fourth-order valence-electron chi connectivity index (χ4n) is 2.87. The van der Waals surface area contributed by atoms with Gasteiger partial charge < -0.3 is 15.5 Å². The molecule has 1 unspecified atom stereocenters. The van der Waals surface area contributed by atoms with Gasteiger partial charge in [-0.15, -0.1) is 0 Å². The van der Waals surface area contributed by atoms with E-state index in [1.807, 2.05) is 13.8 Å². The fourth-order valence-corrected chi connectivity index (χ4v) is 2.87. The number of nitrogens with zero attached hydrogens (tertiary/aromatic N) is 1. The third-order valence-electron chi connectivity index (χ3n) is 4.42. The second kappa shape index (κ2) is 9.31. The van der Waals surface area contributed by atoms with Crippen LogP contribution in [0.25, 0.3) is 0 Å². The van der Waals surface area contributed by atoms with E-state index in [1.165, 1.54) is 24.3 Å². The summed E-state index contributed by atoms with van der Waals surface area (Å²) in [6.07, 6.45) is 1.46. The smallest absolute Gasteiger partial charge is 0.253 e. The van der Waals surface area contributed by atoms with Crippen molar-refractivity contribution in [3.8, 4) is 0 Å². The minimum Gasteiger partial charge on any atom is -0.354 e. The molecule has 1 aliphatic heterocycles. The van der Waals surface area contributed by atoms with Crippen molar-refractivity contribution in [1.82, 2.24) is 15.5 Å². The van der Waals surface area contributed by atoms with Crippen LogP contribution in [-0.4, -0.2) is 48.8 Å². The van der Waals surface area contributed by atoms with E-state index < -0.39 is 0 Å². The Morgan fingerprint density at radius 3 is 2.46 bits per heavy atom. The van der Waals surface area contributed by atoms with E-state index in [0.717, 1.165) is 12.8 Å². The fraction of sp³-hybridized carbons (Fsp3) is 0.526. The highest BCUT2D eigenvalue weighted by molar-refractivity contribution is 5.94. The summed E-state index contributed by atoms with van der Waals surface area (Å²) in [7, 11) is 0. The van der Waals surface area contributed by atoms with Crippen molar-refractivity contribution >= 4 is 17.7 Å². The second-order valence-electron chi connectivity index (χ2n) is 6.83. The van der Waals surface area contributed by atoms with Gasteiger partial charge in [0.05, 0.1) is 5.92 Å². The van der Waals surface area contributed by atoms with Crippen molar-refractivity contribution in [2.75, 3.05) is 26.2 Å². The molecule has 26 heavy (non-hydrogen) atoms. The van der Waals surface area contributed by atoms with Crippen LogP contribution in [-0.2, 0) is 9.59 Å². The average Bonchev–Trinajstić information content (AvgIpc) is 2.64. The lowest BCUT2D eigenvalue weighted by atomic mass is 9.96. The van der Waals surface area contributed by atoms with E-state index in [0.29, 0.717) is 31.7 Å². The van der Waals surface area contributed by atoms with E-state index in [2.05, 4.69) is 10.6 Å². The van der Waals surface area contributed by atoms with Crippen molar-refractivity contribution in [3.05, 3.63) is 35.6 Å². The molecule has 142 valence electrons. The molecule has 0 saturated carbocycles. The monoisotopic (exact) mass is 363 g/mol. The molecular weight excluding hydrogens is 337 g/mol. The van der Waals surface area contributed by atoms with Gasteiger partial charge in [0.25, 0.3) is 5.91 Å². The van der Waals surface area contributed by atoms with Gasteiger partial charge in [0.1, 0.15) is 5.82 Å². The van der Waals surface area contributed by atoms with E-state index in [-0.39, 0.29) is 35.4 Å². The molecule has 6 nitrogen and oxygen atoms in total. The van der Waals surface area contributed by atoms with Crippen LogP contribution < -0.4 is 10.6 Å². The number of halogens is 1. The predicted octanol–water partition coefficient (Wildman–Crippen LogP) is 1.57. The van der Waals surface area contributed by atoms with Gasteiger partial charge >= 0.3 is 0 Å². The molecule has 1 saturated heterocycles. The Hall–Kier alpha value is -2.44. The molecule has 0 aliphatic carbocycles. The molecule has 1 heterocycles. The number of piperidine rings is 1. The number of hydrogen-bond donors (Lipinski definition) is 2. The molecule has 2 N–H and O–H groups in total. The van der Waals surface area contributed by atoms with Gasteiger partial charge in [-0.05, 0) is 37.1 Å². The molecule has 0 bridgehead atoms. The molecule has 1 aliphatic rings. The number of rotatable bonds is 6. The van der Waals surface area contributed by atoms with Crippen LogP contribution in [0.15, 0.2) is 24.3 Å². The van der Waals surface area contributed by atoms with E-state index >= 15 is 0 Å². The molecule has 1 fully saturated rings. The predicted molar refractivity (Wildman–Crippen MR) is 95.9 cm³/mol. The minimum absolute atomic E-state index is 0.0482. The lowest BCUT2D eigenvalue weighted by Gasteiger charge is -2.32. The van der Waals surface area contributed by atoms with Crippen LogP contribution in [0.3, 0.4) is 0 Å². The highest BCUT2D eigenvalue weighted by atomic mass is 19.1. The van der Waals surface area contributed by atoms with E-state index in [9.17, 15) is 18.8 Å². The van der Waals surface area contributed by atoms with Crippen molar-refractivity contribution in [2.24, 2.45) is 11.8 Å². The van der Waals surface area contributed by atoms with Gasteiger partial charge in [0.15, 0.2) is 0 Å². The highest BCUT2D eigenvalue weighted by Crippen LogP contribution is 2.19. The van der Waals surface area contributed by atoms with Gasteiger partial charge in [0.2, 0.25) is 11.8 Å². The van der Waals surface area contributed by atoms with Crippen LogP contribution in [0, 0.1) is 17.7 Å². The van der Waals surface area contributed by atoms with Crippen molar-refractivity contribution in [1.29, 1.82) is 0 Å². The molecule has 1 atom stereocenters. The highest BCUT2D eigenvalue weighted by Gasteiger charge is 2.28. The maximum absolute atomic E-state index is 13.0. The lowest BCUT2D eigenvalue weighted by molar-refractivity contribution is -0.127. The first-order chi connectivity index (χ1) is 12.4. The summed E-state index contributed by atoms with van der Waals surface area (Å²) in [6, 6.07) is 5.43. The quantitative estimate of drug-likeness (QED) is 0.753. The summed E-state index contributed by atoms with van der Waals surface area (Å²) in [6.45, 7) is 5.30. The van der Waals surface area contributed by atoms with Gasteiger partial charge in [-0.2, -0.15) is 0 Å². The third kappa shape index (κ3) is 5.54. The number of nitrogens with one attached hydrogen (secondary N) is 2. The molecule has 1 aromatic rings. The summed E-state index contributed by atoms with van der Waals surface area (Å²) < 4.78 is 13.0. The summed E-state index contributed by atoms with van der Waals surface area (Å²) in [5.41, 5.74) is 0.420. The second-order valence-corrected chi connectivity index (χ2v) is 6.83. The zero-order valence-electron chi connectivity index (χ0n) is 15.3. The van der Waals surface area contributed by atoms with Gasteiger partial charge in [0, 0.05) is 37.7 Å². The molecular formula is C19H26FN3O3. The molecule has 7 heteroatoms. The average molecular weight is 363 g/mol. The number of carbonyl (C=O) groups is 3. The number of hydrogen-bond acceptors (Lipinski definition) is 3. The van der Waals surface area contributed by atoms with E-state index in [1.54, 1.807) is 4.90 Å². The Morgan fingerprint density at radius 1 is 1.15 bits per heavy atom. The van der Waals surface area contributed by atoms with Gasteiger partial charge in [-0.3, -0.25) is 14.4 Å². The summed E-state index contributed by atoms with van der Waals surface area (Å²) >= 11 is 0. The largest absolute Gasteiger partial charge is 0.354 e. The van der Waals surface area contributed by atoms with Crippen molar-refractivity contribution < 1.29 is 18.8 Å². The van der Waals surface area contributed by atoms with Crippen LogP contribution in [0.4, 0.5) is 4.39 Å². The maximum Gasteiger partial charge on any atom is 0.253 e. The Bertz CT molecular complexity index is 646. The zero-order valence-corrected chi connectivity index (χ0v) is 15.3. The van der Waals surface area contributed by atoms with Crippen molar-refractivity contribution in [2.45, 2.75) is 26.7 Å². The molecule has 2 rings (SSSR count). The first kappa shape index (κ1) is 19.9. The SMILES string of the molecule is CC(C)C(=O)NCCNC(=O)C1CCCN(C(=O)c2ccc(F)cc2)C1. The Balaban J connectivity index is 1.81. The lowest BCUT2D eigenvalue weighted by Crippen LogP contribution is -2.46. The molecule has 1 aromatic carbocycles. The first-order valence-electron chi connectivity index (χ1n) is 8.98. The standard InChI is InChI=1S/C19H26FN3O3/c1-13(2)17(24)21-9-10-22-18(25)15-4-3-11-23(12-15)19(26)14-5-7-16(20)8-6-14/h5-8,13,15H,3-4,9-12H2,1-2H3,(H,21,24)(H,22,25). The van der Waals surface area contributed by atoms with Crippen LogP contribution in [0.2, 0.25) is 0 Å². The number of likely N-dealkylation sites (tertiary alicyclic amines) is 1. The maximum atomic E-state index is 13.0. The number of amides is 3. The summed E-state index contributed by atoms with van der Waals surface area (Å²) in [5.74, 6) is -1.09. The molecule has 3 amide bonds. The number of carbonyl (C=O) groups excluding carboxylic acids is 3. The number of benzene rings is 1. The first-order valence-corrected chi connectivity index (χ1v) is 8.98. The topological polar surface area (TPSA) is 78.5 Å². The molecule has 0 radical (unpaired) electrons. The Morgan fingerprint density at radius 2 is 1.81 bits per heavy atom. The van der Waals surface area contributed by atoms with E-state index in [4.69, 9.17) is 0 Å². The van der Waals surface area contributed by atoms with Crippen LogP contribution in [0.1, 0.15) is 37.0 Å². The summed E-state index contributed by atoms with van der Waals surface area (Å²) in [4.78, 5) is 37.9. The van der Waals surface area contributed by atoms with Gasteiger partial charge in [-0.1, -0.05) is 13.8 Å². The Kier molecular flexibility index (Phi) is 7.12. The molecule has 0 aromatic heterocycles. The summed E-state index contributed by atoms with van der Waals surface area (Å²) in [5, 5.41) is 5.56. The molecule has 0 spiro atoms. The zero-order chi connectivity index (χ0) is 19.1. The van der Waals surface area contributed by atoms with Gasteiger partial charge in [-0.25, -0.2) is 4.39 Å². The van der Waals surface area contributed by atoms with Crippen molar-refractivity contribution in [3.63, 3.8) is 0 Å². The Labute approximate surface area is 153 Å². The van der Waals surface area contributed by atoms with Crippen LogP contribution >= 0.6 is 0 Å². The third-order valence-corrected chi connectivity index (χ3v) is 4.42. The van der Waals surface area contributed by atoms with Crippen LogP contribution in [0.5, 0.6) is 0 Å².